The van der Waals surface area contributed by atoms with Gasteiger partial charge in [0.15, 0.2) is 0 Å². The number of thiocarbonyl (C=S) groups is 1. The summed E-state index contributed by atoms with van der Waals surface area (Å²) in [5.74, 6) is 2.55. The first-order valence-corrected chi connectivity index (χ1v) is 4.29. The molecular formula is C7H10OS2. The topological polar surface area (TPSA) is 9.23 Å². The monoisotopic (exact) mass is 174 g/mol. The Morgan fingerprint density at radius 2 is 2.50 bits per heavy atom. The van der Waals surface area contributed by atoms with Gasteiger partial charge < -0.3 is 4.74 Å². The van der Waals surface area contributed by atoms with Crippen LogP contribution >= 0.6 is 24.0 Å². The molecule has 56 valence electrons. The van der Waals surface area contributed by atoms with Gasteiger partial charge in [0, 0.05) is 0 Å². The average Bonchev–Trinajstić information content (AvgIpc) is 1.88. The molecule has 0 heterocycles. The predicted octanol–water partition coefficient (Wildman–Crippen LogP) is 2.06. The SMILES string of the molecule is C#CC(C)SC(=S)OCC. The van der Waals surface area contributed by atoms with Gasteiger partial charge in [-0.2, -0.15) is 0 Å². The molecular weight excluding hydrogens is 164 g/mol. The number of terminal acetylenes is 1. The zero-order valence-electron chi connectivity index (χ0n) is 6.09. The van der Waals surface area contributed by atoms with Gasteiger partial charge in [0.2, 0.25) is 4.38 Å². The second-order valence-corrected chi connectivity index (χ2v) is 3.55. The maximum absolute atomic E-state index is 5.13. The molecule has 0 saturated carbocycles. The van der Waals surface area contributed by atoms with Gasteiger partial charge in [0.05, 0.1) is 11.9 Å². The lowest BCUT2D eigenvalue weighted by molar-refractivity contribution is 0.346. The van der Waals surface area contributed by atoms with Gasteiger partial charge >= 0.3 is 0 Å². The van der Waals surface area contributed by atoms with Crippen molar-refractivity contribution in [2.45, 2.75) is 19.1 Å². The van der Waals surface area contributed by atoms with Gasteiger partial charge in [-0.25, -0.2) is 0 Å². The van der Waals surface area contributed by atoms with Gasteiger partial charge in [0.25, 0.3) is 0 Å². The molecule has 0 bridgehead atoms. The Labute approximate surface area is 71.5 Å². The van der Waals surface area contributed by atoms with Crippen molar-refractivity contribution in [3.05, 3.63) is 0 Å². The number of ether oxygens (including phenoxy) is 1. The molecule has 0 aromatic rings. The molecule has 0 amide bonds. The fourth-order valence-corrected chi connectivity index (χ4v) is 1.42. The third-order valence-electron chi connectivity index (χ3n) is 0.770. The molecule has 0 radical (unpaired) electrons. The maximum atomic E-state index is 5.13. The predicted molar refractivity (Wildman–Crippen MR) is 50.1 cm³/mol. The van der Waals surface area contributed by atoms with E-state index < -0.39 is 0 Å². The summed E-state index contributed by atoms with van der Waals surface area (Å²) in [7, 11) is 0. The minimum Gasteiger partial charge on any atom is -0.479 e. The van der Waals surface area contributed by atoms with Crippen LogP contribution in [0.15, 0.2) is 0 Å². The van der Waals surface area contributed by atoms with E-state index in [9.17, 15) is 0 Å². The molecule has 0 rings (SSSR count). The van der Waals surface area contributed by atoms with Crippen molar-refractivity contribution in [1.29, 1.82) is 0 Å². The Morgan fingerprint density at radius 1 is 1.90 bits per heavy atom. The summed E-state index contributed by atoms with van der Waals surface area (Å²) in [6, 6.07) is 0. The van der Waals surface area contributed by atoms with E-state index >= 15 is 0 Å². The minimum atomic E-state index is 0.110. The van der Waals surface area contributed by atoms with E-state index in [-0.39, 0.29) is 5.25 Å². The van der Waals surface area contributed by atoms with Crippen molar-refractivity contribution in [1.82, 2.24) is 0 Å². The summed E-state index contributed by atoms with van der Waals surface area (Å²) in [5.41, 5.74) is 0. The molecule has 0 aliphatic carbocycles. The van der Waals surface area contributed by atoms with Crippen LogP contribution in [0.5, 0.6) is 0 Å². The van der Waals surface area contributed by atoms with Crippen molar-refractivity contribution in [3.63, 3.8) is 0 Å². The van der Waals surface area contributed by atoms with Gasteiger partial charge in [-0.1, -0.05) is 17.7 Å². The summed E-state index contributed by atoms with van der Waals surface area (Å²) in [6.07, 6.45) is 5.13. The molecule has 1 unspecified atom stereocenters. The quantitative estimate of drug-likeness (QED) is 0.468. The number of hydrogen-bond donors (Lipinski definition) is 0. The normalized spacial score (nSPS) is 11.7. The van der Waals surface area contributed by atoms with Crippen molar-refractivity contribution < 1.29 is 4.74 Å². The molecule has 3 heteroatoms. The fourth-order valence-electron chi connectivity index (χ4n) is 0.330. The highest BCUT2D eigenvalue weighted by Crippen LogP contribution is 2.12. The fraction of sp³-hybridized carbons (Fsp3) is 0.571. The minimum absolute atomic E-state index is 0.110. The molecule has 1 atom stereocenters. The first kappa shape index (κ1) is 9.80. The Balaban J connectivity index is 3.49. The van der Waals surface area contributed by atoms with Crippen molar-refractivity contribution in [2.75, 3.05) is 6.61 Å². The summed E-state index contributed by atoms with van der Waals surface area (Å²) in [4.78, 5) is 0. The molecule has 0 spiro atoms. The Bertz CT molecular complexity index is 148. The number of hydrogen-bond acceptors (Lipinski definition) is 3. The lowest BCUT2D eigenvalue weighted by Crippen LogP contribution is -2.01. The van der Waals surface area contributed by atoms with Gasteiger partial charge in [-0.05, 0) is 26.1 Å². The third kappa shape index (κ3) is 4.66. The van der Waals surface area contributed by atoms with E-state index in [0.29, 0.717) is 11.0 Å². The number of rotatable bonds is 2. The molecule has 1 nitrogen and oxygen atoms in total. The molecule has 0 saturated heterocycles. The van der Waals surface area contributed by atoms with Gasteiger partial charge in [-0.3, -0.25) is 0 Å². The number of thioether (sulfide) groups is 1. The van der Waals surface area contributed by atoms with Crippen LogP contribution in [0.3, 0.4) is 0 Å². The Morgan fingerprint density at radius 3 is 2.90 bits per heavy atom. The lowest BCUT2D eigenvalue weighted by atomic mass is 10.5. The molecule has 0 fully saturated rings. The van der Waals surface area contributed by atoms with E-state index in [1.54, 1.807) is 0 Å². The van der Waals surface area contributed by atoms with E-state index in [0.717, 1.165) is 0 Å². The zero-order chi connectivity index (χ0) is 7.98. The van der Waals surface area contributed by atoms with Crippen LogP contribution in [0, 0.1) is 12.3 Å². The second kappa shape index (κ2) is 5.57. The van der Waals surface area contributed by atoms with Crippen LogP contribution in [0.4, 0.5) is 0 Å². The standard InChI is InChI=1S/C7H10OS2/c1-4-6(3)10-7(9)8-5-2/h1,6H,5H2,2-3H3. The highest BCUT2D eigenvalue weighted by atomic mass is 32.2. The average molecular weight is 174 g/mol. The summed E-state index contributed by atoms with van der Waals surface area (Å²) in [5, 5.41) is 0.110. The van der Waals surface area contributed by atoms with Crippen LogP contribution < -0.4 is 0 Å². The summed E-state index contributed by atoms with van der Waals surface area (Å²) in [6.45, 7) is 4.42. The second-order valence-electron chi connectivity index (χ2n) is 1.61. The van der Waals surface area contributed by atoms with Gasteiger partial charge in [0.1, 0.15) is 0 Å². The highest BCUT2D eigenvalue weighted by Gasteiger charge is 2.02. The highest BCUT2D eigenvalue weighted by molar-refractivity contribution is 8.23. The van der Waals surface area contributed by atoms with Crippen LogP contribution in [-0.4, -0.2) is 16.2 Å². The van der Waals surface area contributed by atoms with Gasteiger partial charge in [-0.15, -0.1) is 6.42 Å². The lowest BCUT2D eigenvalue weighted by Gasteiger charge is -2.04. The molecule has 10 heavy (non-hydrogen) atoms. The molecule has 0 aliphatic rings. The Hall–Kier alpha value is -0.200. The van der Waals surface area contributed by atoms with Crippen LogP contribution in [0.1, 0.15) is 13.8 Å². The molecule has 0 N–H and O–H groups in total. The largest absolute Gasteiger partial charge is 0.479 e. The van der Waals surface area contributed by atoms with Crippen LogP contribution in [-0.2, 0) is 4.74 Å². The maximum Gasteiger partial charge on any atom is 0.221 e. The first-order chi connectivity index (χ1) is 4.70. The smallest absolute Gasteiger partial charge is 0.221 e. The van der Waals surface area contributed by atoms with E-state index in [1.807, 2.05) is 13.8 Å². The first-order valence-electron chi connectivity index (χ1n) is 3.00. The zero-order valence-corrected chi connectivity index (χ0v) is 7.72. The molecule has 0 aromatic heterocycles. The van der Waals surface area contributed by atoms with Crippen LogP contribution in [0.25, 0.3) is 0 Å². The van der Waals surface area contributed by atoms with E-state index in [4.69, 9.17) is 23.4 Å². The Kier molecular flexibility index (Phi) is 5.46. The van der Waals surface area contributed by atoms with Crippen molar-refractivity contribution in [3.8, 4) is 12.3 Å². The van der Waals surface area contributed by atoms with Crippen molar-refractivity contribution >= 4 is 28.4 Å². The molecule has 0 aliphatic heterocycles. The summed E-state index contributed by atoms with van der Waals surface area (Å²) < 4.78 is 5.55. The van der Waals surface area contributed by atoms with Crippen LogP contribution in [0.2, 0.25) is 0 Å². The summed E-state index contributed by atoms with van der Waals surface area (Å²) >= 11 is 6.24. The third-order valence-corrected chi connectivity index (χ3v) is 1.98. The van der Waals surface area contributed by atoms with Crippen molar-refractivity contribution in [2.24, 2.45) is 0 Å². The molecule has 0 aromatic carbocycles. The van der Waals surface area contributed by atoms with E-state index in [1.165, 1.54) is 11.8 Å². The van der Waals surface area contributed by atoms with E-state index in [2.05, 4.69) is 5.92 Å².